The molecular weight excluding hydrogens is 424 g/mol. The number of benzene rings is 1. The van der Waals surface area contributed by atoms with E-state index in [1.807, 2.05) is 29.0 Å². The zero-order chi connectivity index (χ0) is 21.8. The third-order valence-electron chi connectivity index (χ3n) is 5.69. The predicted molar refractivity (Wildman–Crippen MR) is 123 cm³/mol. The minimum atomic E-state index is -0.149. The fraction of sp³-hybridized carbons (Fsp3) is 0.318. The summed E-state index contributed by atoms with van der Waals surface area (Å²) >= 11 is 1.48. The van der Waals surface area contributed by atoms with Crippen LogP contribution in [-0.2, 0) is 13.0 Å². The highest BCUT2D eigenvalue weighted by atomic mass is 32.1. The number of aromatic amines is 1. The maximum Gasteiger partial charge on any atom is 0.274 e. The van der Waals surface area contributed by atoms with Crippen LogP contribution in [0, 0.1) is 0 Å². The number of hydrogen-bond acceptors (Lipinski definition) is 7. The van der Waals surface area contributed by atoms with Crippen molar-refractivity contribution in [1.82, 2.24) is 30.2 Å². The molecule has 0 saturated carbocycles. The second-order valence-corrected chi connectivity index (χ2v) is 8.62. The van der Waals surface area contributed by atoms with Gasteiger partial charge in [-0.05, 0) is 54.0 Å². The summed E-state index contributed by atoms with van der Waals surface area (Å²) < 4.78 is 1.95. The van der Waals surface area contributed by atoms with E-state index in [2.05, 4.69) is 60.5 Å². The average Bonchev–Trinajstić information content (AvgIpc) is 3.61. The number of carbonyl (C=O) groups is 1. The van der Waals surface area contributed by atoms with Crippen molar-refractivity contribution in [2.75, 3.05) is 16.8 Å². The summed E-state index contributed by atoms with van der Waals surface area (Å²) in [7, 11) is 0. The van der Waals surface area contributed by atoms with Crippen molar-refractivity contribution >= 4 is 28.1 Å². The predicted octanol–water partition coefficient (Wildman–Crippen LogP) is 3.68. The maximum atomic E-state index is 12.9. The molecule has 1 fully saturated rings. The van der Waals surface area contributed by atoms with E-state index in [9.17, 15) is 4.79 Å². The van der Waals surface area contributed by atoms with Crippen LogP contribution < -0.4 is 10.2 Å². The third-order valence-corrected chi connectivity index (χ3v) is 6.46. The number of para-hydroxylation sites is 1. The van der Waals surface area contributed by atoms with Crippen molar-refractivity contribution < 1.29 is 4.79 Å². The minimum Gasteiger partial charge on any atom is -0.363 e. The van der Waals surface area contributed by atoms with Crippen molar-refractivity contribution in [3.63, 3.8) is 0 Å². The molecule has 1 atom stereocenters. The van der Waals surface area contributed by atoms with Gasteiger partial charge in [0.1, 0.15) is 11.5 Å². The zero-order valence-corrected chi connectivity index (χ0v) is 18.3. The highest BCUT2D eigenvalue weighted by molar-refractivity contribution is 7.14. The lowest BCUT2D eigenvalue weighted by molar-refractivity contribution is 0.101. The first-order valence-corrected chi connectivity index (χ1v) is 11.6. The van der Waals surface area contributed by atoms with Crippen LogP contribution in [-0.4, -0.2) is 42.6 Å². The lowest BCUT2D eigenvalue weighted by atomic mass is 10.1. The molecule has 32 heavy (non-hydrogen) atoms. The lowest BCUT2D eigenvalue weighted by Gasteiger charge is -2.25. The van der Waals surface area contributed by atoms with Crippen molar-refractivity contribution in [2.24, 2.45) is 0 Å². The number of aryl methyl sites for hydroxylation is 2. The van der Waals surface area contributed by atoms with Crippen LogP contribution >= 0.6 is 11.3 Å². The Morgan fingerprint density at radius 2 is 2.12 bits per heavy atom. The molecule has 1 amide bonds. The molecule has 5 rings (SSSR count). The number of nitrogens with one attached hydrogen (secondary N) is 2. The molecule has 1 saturated heterocycles. The second kappa shape index (κ2) is 9.31. The number of H-pyrrole nitrogens is 1. The Labute approximate surface area is 189 Å². The van der Waals surface area contributed by atoms with Crippen molar-refractivity contribution in [2.45, 2.75) is 38.3 Å². The Morgan fingerprint density at radius 1 is 1.22 bits per heavy atom. The molecule has 2 N–H and O–H groups in total. The highest BCUT2D eigenvalue weighted by Gasteiger charge is 2.28. The van der Waals surface area contributed by atoms with Gasteiger partial charge < -0.3 is 9.47 Å². The van der Waals surface area contributed by atoms with Gasteiger partial charge in [-0.3, -0.25) is 10.1 Å². The van der Waals surface area contributed by atoms with Crippen LogP contribution in [0.15, 0.2) is 54.0 Å². The minimum absolute atomic E-state index is 0.149. The Balaban J connectivity index is 1.22. The topological polar surface area (TPSA) is 105 Å². The fourth-order valence-corrected chi connectivity index (χ4v) is 4.93. The van der Waals surface area contributed by atoms with Gasteiger partial charge in [0.05, 0.1) is 11.7 Å². The van der Waals surface area contributed by atoms with Gasteiger partial charge in [0.2, 0.25) is 0 Å². The van der Waals surface area contributed by atoms with E-state index < -0.39 is 0 Å². The smallest absolute Gasteiger partial charge is 0.274 e. The van der Waals surface area contributed by atoms with Crippen molar-refractivity contribution in [3.05, 3.63) is 71.3 Å². The largest absolute Gasteiger partial charge is 0.363 e. The zero-order valence-electron chi connectivity index (χ0n) is 17.5. The molecule has 3 aromatic heterocycles. The molecule has 1 aliphatic heterocycles. The summed E-state index contributed by atoms with van der Waals surface area (Å²) in [6.45, 7) is 1.72. The van der Waals surface area contributed by atoms with Crippen LogP contribution in [0.4, 0.5) is 10.8 Å². The first-order chi connectivity index (χ1) is 15.8. The summed E-state index contributed by atoms with van der Waals surface area (Å²) in [5.74, 6) is 0.596. The molecule has 10 heteroatoms. The summed E-state index contributed by atoms with van der Waals surface area (Å²) in [4.78, 5) is 20.0. The number of rotatable bonds is 8. The van der Waals surface area contributed by atoms with Gasteiger partial charge in [0.25, 0.3) is 5.91 Å². The van der Waals surface area contributed by atoms with E-state index >= 15 is 0 Å². The van der Waals surface area contributed by atoms with E-state index in [4.69, 9.17) is 4.98 Å². The molecule has 0 aliphatic carbocycles. The van der Waals surface area contributed by atoms with Crippen LogP contribution in [0.25, 0.3) is 0 Å². The number of amides is 1. The SMILES string of the molecule is O=C(Nc1nc(C2CCCN2c2ccccc2)cs1)c1cccn1CCCc1nnn[nH]1. The molecule has 1 unspecified atom stereocenters. The second-order valence-electron chi connectivity index (χ2n) is 7.76. The number of hydrogen-bond donors (Lipinski definition) is 2. The van der Waals surface area contributed by atoms with Gasteiger partial charge in [0, 0.05) is 36.8 Å². The molecule has 4 aromatic rings. The van der Waals surface area contributed by atoms with Gasteiger partial charge in [0.15, 0.2) is 5.13 Å². The van der Waals surface area contributed by atoms with Crippen LogP contribution in [0.3, 0.4) is 0 Å². The Kier molecular flexibility index (Phi) is 5.93. The van der Waals surface area contributed by atoms with Crippen LogP contribution in [0.2, 0.25) is 0 Å². The Morgan fingerprint density at radius 3 is 2.97 bits per heavy atom. The van der Waals surface area contributed by atoms with E-state index in [1.54, 1.807) is 0 Å². The number of thiazole rings is 1. The van der Waals surface area contributed by atoms with E-state index in [-0.39, 0.29) is 11.9 Å². The van der Waals surface area contributed by atoms with Gasteiger partial charge >= 0.3 is 0 Å². The first-order valence-electron chi connectivity index (χ1n) is 10.7. The highest BCUT2D eigenvalue weighted by Crippen LogP contribution is 2.37. The molecule has 0 spiro atoms. The summed E-state index contributed by atoms with van der Waals surface area (Å²) in [6.07, 6.45) is 5.66. The molecule has 1 aromatic carbocycles. The fourth-order valence-electron chi connectivity index (χ4n) is 4.18. The Bertz CT molecular complexity index is 1150. The van der Waals surface area contributed by atoms with Gasteiger partial charge in [-0.2, -0.15) is 0 Å². The number of nitrogens with zero attached hydrogens (tertiary/aromatic N) is 6. The normalized spacial score (nSPS) is 15.9. The first kappa shape index (κ1) is 20.4. The van der Waals surface area contributed by atoms with Gasteiger partial charge in [-0.25, -0.2) is 10.1 Å². The Hall–Kier alpha value is -3.53. The standard InChI is InChI=1S/C22H24N8OS/c31-21(19-10-4-12-29(19)13-6-11-20-25-27-28-26-20)24-22-23-17(15-32-22)18-9-5-14-30(18)16-7-2-1-3-8-16/h1-4,7-8,10,12,15,18H,5-6,9,11,13-14H2,(H,23,24,31)(H,25,26,27,28). The van der Waals surface area contributed by atoms with E-state index in [0.29, 0.717) is 17.4 Å². The van der Waals surface area contributed by atoms with Crippen LogP contribution in [0.5, 0.6) is 0 Å². The third kappa shape index (κ3) is 4.40. The van der Waals surface area contributed by atoms with Gasteiger partial charge in [-0.1, -0.05) is 18.2 Å². The van der Waals surface area contributed by atoms with E-state index in [1.165, 1.54) is 17.0 Å². The quantitative estimate of drug-likeness (QED) is 0.426. The number of carbonyl (C=O) groups excluding carboxylic acids is 1. The molecule has 9 nitrogen and oxygen atoms in total. The lowest BCUT2D eigenvalue weighted by Crippen LogP contribution is -2.22. The summed E-state index contributed by atoms with van der Waals surface area (Å²) in [5, 5.41) is 19.5. The number of anilines is 2. The summed E-state index contributed by atoms with van der Waals surface area (Å²) in [6, 6.07) is 14.4. The molecule has 4 heterocycles. The van der Waals surface area contributed by atoms with E-state index in [0.717, 1.165) is 43.7 Å². The molecule has 164 valence electrons. The van der Waals surface area contributed by atoms with Crippen molar-refractivity contribution in [1.29, 1.82) is 0 Å². The number of tetrazole rings is 1. The van der Waals surface area contributed by atoms with Gasteiger partial charge in [-0.15, -0.1) is 16.4 Å². The van der Waals surface area contributed by atoms with Crippen molar-refractivity contribution in [3.8, 4) is 0 Å². The molecule has 0 radical (unpaired) electrons. The molecule has 1 aliphatic rings. The average molecular weight is 449 g/mol. The maximum absolute atomic E-state index is 12.9. The summed E-state index contributed by atoms with van der Waals surface area (Å²) in [5.41, 5.74) is 2.85. The van der Waals surface area contributed by atoms with Crippen LogP contribution in [0.1, 0.15) is 47.3 Å². The molecule has 0 bridgehead atoms. The number of aromatic nitrogens is 6. The monoisotopic (exact) mass is 448 g/mol. The molecular formula is C22H24N8OS.